The minimum atomic E-state index is -0.617. The van der Waals surface area contributed by atoms with E-state index in [0.717, 1.165) is 0 Å². The zero-order valence-electron chi connectivity index (χ0n) is 15.4. The molecular formula is C19H20FN3O4S. The summed E-state index contributed by atoms with van der Waals surface area (Å²) in [7, 11) is 3.06. The first-order valence-corrected chi connectivity index (χ1v) is 8.66. The average molecular weight is 405 g/mol. The Hall–Kier alpha value is -3.04. The van der Waals surface area contributed by atoms with Crippen molar-refractivity contribution in [3.63, 3.8) is 0 Å². The predicted molar refractivity (Wildman–Crippen MR) is 108 cm³/mol. The Morgan fingerprint density at radius 2 is 1.93 bits per heavy atom. The van der Waals surface area contributed by atoms with E-state index in [2.05, 4.69) is 15.8 Å². The number of halogens is 1. The number of hydrogen-bond acceptors (Lipinski definition) is 6. The maximum Gasteiger partial charge on any atom is 0.343 e. The highest BCUT2D eigenvalue weighted by molar-refractivity contribution is 7.80. The number of hydrogen-bond donors (Lipinski definition) is 2. The molecule has 0 atom stereocenters. The van der Waals surface area contributed by atoms with Crippen LogP contribution in [0, 0.1) is 5.82 Å². The lowest BCUT2D eigenvalue weighted by molar-refractivity contribution is 0.0729. The number of ether oxygens (including phenoxy) is 3. The summed E-state index contributed by atoms with van der Waals surface area (Å²) in [5.74, 6) is -0.465. The molecule has 0 aliphatic rings. The predicted octanol–water partition coefficient (Wildman–Crippen LogP) is 2.50. The molecule has 28 heavy (non-hydrogen) atoms. The van der Waals surface area contributed by atoms with Gasteiger partial charge in [-0.2, -0.15) is 5.10 Å². The molecule has 2 aromatic carbocycles. The van der Waals surface area contributed by atoms with Crippen LogP contribution in [0.5, 0.6) is 11.5 Å². The second-order valence-electron chi connectivity index (χ2n) is 5.43. The number of esters is 1. The van der Waals surface area contributed by atoms with E-state index in [1.54, 1.807) is 31.5 Å². The Morgan fingerprint density at radius 3 is 2.61 bits per heavy atom. The van der Waals surface area contributed by atoms with Gasteiger partial charge in [0.25, 0.3) is 0 Å². The van der Waals surface area contributed by atoms with Crippen molar-refractivity contribution >= 4 is 29.5 Å². The number of carbonyl (C=O) groups excluding carboxylic acids is 1. The highest BCUT2D eigenvalue weighted by Gasteiger charge is 2.13. The quantitative estimate of drug-likeness (QED) is 0.174. The summed E-state index contributed by atoms with van der Waals surface area (Å²) in [5, 5.41) is 7.31. The summed E-state index contributed by atoms with van der Waals surface area (Å²) in [6.45, 7) is 1.10. The monoisotopic (exact) mass is 405 g/mol. The number of rotatable bonds is 8. The van der Waals surface area contributed by atoms with Gasteiger partial charge in [0.15, 0.2) is 16.6 Å². The van der Waals surface area contributed by atoms with Crippen molar-refractivity contribution in [3.05, 3.63) is 59.4 Å². The number of methoxy groups -OCH3 is 2. The van der Waals surface area contributed by atoms with Gasteiger partial charge in [-0.1, -0.05) is 0 Å². The molecule has 7 nitrogen and oxygen atoms in total. The fourth-order valence-electron chi connectivity index (χ4n) is 2.07. The molecule has 2 N–H and O–H groups in total. The van der Waals surface area contributed by atoms with E-state index in [0.29, 0.717) is 29.6 Å². The number of carbonyl (C=O) groups is 1. The molecule has 0 saturated carbocycles. The molecule has 0 unspecified atom stereocenters. The fourth-order valence-corrected chi connectivity index (χ4v) is 2.22. The highest BCUT2D eigenvalue weighted by atomic mass is 32.1. The van der Waals surface area contributed by atoms with Gasteiger partial charge < -0.3 is 19.5 Å². The number of benzene rings is 2. The molecule has 0 amide bonds. The van der Waals surface area contributed by atoms with Gasteiger partial charge >= 0.3 is 5.97 Å². The van der Waals surface area contributed by atoms with Crippen molar-refractivity contribution in [1.29, 1.82) is 0 Å². The molecule has 0 heterocycles. The third-order valence-electron chi connectivity index (χ3n) is 3.44. The maximum atomic E-state index is 13.0. The molecule has 0 aliphatic heterocycles. The van der Waals surface area contributed by atoms with Crippen LogP contribution in [0.25, 0.3) is 0 Å². The second kappa shape index (κ2) is 11.0. The van der Waals surface area contributed by atoms with Crippen LogP contribution in [-0.2, 0) is 4.74 Å². The summed E-state index contributed by atoms with van der Waals surface area (Å²) >= 11 is 5.06. The first-order chi connectivity index (χ1) is 13.5. The molecule has 0 saturated heterocycles. The van der Waals surface area contributed by atoms with Gasteiger partial charge in [0, 0.05) is 13.7 Å². The highest BCUT2D eigenvalue weighted by Crippen LogP contribution is 2.28. The Balaban J connectivity index is 1.99. The van der Waals surface area contributed by atoms with E-state index in [1.807, 2.05) is 0 Å². The third-order valence-corrected chi connectivity index (χ3v) is 3.68. The van der Waals surface area contributed by atoms with E-state index in [9.17, 15) is 9.18 Å². The number of nitrogens with one attached hydrogen (secondary N) is 2. The SMILES string of the molecule is COCCNC(=S)N/N=C\c1ccc(OC(=O)c2ccc(F)cc2)c(OC)c1. The van der Waals surface area contributed by atoms with Crippen LogP contribution in [0.4, 0.5) is 4.39 Å². The van der Waals surface area contributed by atoms with Gasteiger partial charge in [-0.25, -0.2) is 9.18 Å². The number of nitrogens with zero attached hydrogens (tertiary/aromatic N) is 1. The van der Waals surface area contributed by atoms with Crippen molar-refractivity contribution in [2.24, 2.45) is 5.10 Å². The molecule has 0 fully saturated rings. The zero-order chi connectivity index (χ0) is 20.4. The zero-order valence-corrected chi connectivity index (χ0v) is 16.2. The van der Waals surface area contributed by atoms with Crippen LogP contribution in [0.2, 0.25) is 0 Å². The summed E-state index contributed by atoms with van der Waals surface area (Å²) in [5.41, 5.74) is 3.61. The Kier molecular flexibility index (Phi) is 8.32. The van der Waals surface area contributed by atoms with Gasteiger partial charge in [0.2, 0.25) is 0 Å². The Morgan fingerprint density at radius 1 is 1.18 bits per heavy atom. The summed E-state index contributed by atoms with van der Waals surface area (Å²) < 4.78 is 28.5. The molecule has 0 bridgehead atoms. The average Bonchev–Trinajstić information content (AvgIpc) is 2.69. The van der Waals surface area contributed by atoms with Gasteiger partial charge in [-0.05, 0) is 60.2 Å². The second-order valence-corrected chi connectivity index (χ2v) is 5.83. The minimum absolute atomic E-state index is 0.229. The van der Waals surface area contributed by atoms with Crippen molar-refractivity contribution in [1.82, 2.24) is 10.7 Å². The molecule has 2 aromatic rings. The van der Waals surface area contributed by atoms with Gasteiger partial charge in [-0.15, -0.1) is 0 Å². The van der Waals surface area contributed by atoms with Crippen molar-refractivity contribution in [2.45, 2.75) is 0 Å². The normalized spacial score (nSPS) is 10.5. The van der Waals surface area contributed by atoms with Crippen LogP contribution >= 0.6 is 12.2 Å². The Bertz CT molecular complexity index is 844. The summed E-state index contributed by atoms with van der Waals surface area (Å²) in [6.07, 6.45) is 1.54. The molecular weight excluding hydrogens is 385 g/mol. The van der Waals surface area contributed by atoms with Crippen molar-refractivity contribution < 1.29 is 23.4 Å². The van der Waals surface area contributed by atoms with E-state index < -0.39 is 11.8 Å². The van der Waals surface area contributed by atoms with Crippen molar-refractivity contribution in [2.75, 3.05) is 27.4 Å². The van der Waals surface area contributed by atoms with Gasteiger partial charge in [0.05, 0.1) is 25.5 Å². The molecule has 9 heteroatoms. The lowest BCUT2D eigenvalue weighted by Crippen LogP contribution is -2.34. The standard InChI is InChI=1S/C19H20FN3O4S/c1-25-10-9-21-19(28)23-22-12-13-3-8-16(17(11-13)26-2)27-18(24)14-4-6-15(20)7-5-14/h3-8,11-12H,9-10H2,1-2H3,(H2,21,23,28)/b22-12-. The third kappa shape index (κ3) is 6.60. The fraction of sp³-hybridized carbons (Fsp3) is 0.211. The van der Waals surface area contributed by atoms with E-state index >= 15 is 0 Å². The number of hydrazone groups is 1. The first-order valence-electron chi connectivity index (χ1n) is 8.25. The van der Waals surface area contributed by atoms with Crippen LogP contribution in [0.3, 0.4) is 0 Å². The molecule has 148 valence electrons. The minimum Gasteiger partial charge on any atom is -0.493 e. The van der Waals surface area contributed by atoms with Gasteiger partial charge in [-0.3, -0.25) is 5.43 Å². The molecule has 0 aromatic heterocycles. The van der Waals surface area contributed by atoms with Crippen LogP contribution in [0.15, 0.2) is 47.6 Å². The lowest BCUT2D eigenvalue weighted by atomic mass is 10.2. The van der Waals surface area contributed by atoms with E-state index in [-0.39, 0.29) is 11.3 Å². The molecule has 0 radical (unpaired) electrons. The summed E-state index contributed by atoms with van der Waals surface area (Å²) in [6, 6.07) is 10.0. The van der Waals surface area contributed by atoms with Crippen LogP contribution in [-0.4, -0.2) is 44.7 Å². The molecule has 0 aliphatic carbocycles. The maximum absolute atomic E-state index is 13.0. The number of thiocarbonyl (C=S) groups is 1. The topological polar surface area (TPSA) is 81.2 Å². The van der Waals surface area contributed by atoms with Gasteiger partial charge in [0.1, 0.15) is 5.82 Å². The van der Waals surface area contributed by atoms with Crippen LogP contribution in [0.1, 0.15) is 15.9 Å². The van der Waals surface area contributed by atoms with Crippen molar-refractivity contribution in [3.8, 4) is 11.5 Å². The summed E-state index contributed by atoms with van der Waals surface area (Å²) in [4.78, 5) is 12.2. The lowest BCUT2D eigenvalue weighted by Gasteiger charge is -2.10. The Labute approximate surface area is 167 Å². The smallest absolute Gasteiger partial charge is 0.343 e. The molecule has 0 spiro atoms. The van der Waals surface area contributed by atoms with E-state index in [4.69, 9.17) is 26.4 Å². The first kappa shape index (κ1) is 21.3. The molecule has 2 rings (SSSR count). The van der Waals surface area contributed by atoms with Crippen LogP contribution < -0.4 is 20.2 Å². The van der Waals surface area contributed by atoms with E-state index in [1.165, 1.54) is 31.4 Å². The largest absolute Gasteiger partial charge is 0.493 e.